The molecular formula is C33H33N7O3. The van der Waals surface area contributed by atoms with Crippen LogP contribution >= 0.6 is 0 Å². The number of pyridine rings is 2. The van der Waals surface area contributed by atoms with E-state index < -0.39 is 0 Å². The molecule has 0 radical (unpaired) electrons. The van der Waals surface area contributed by atoms with E-state index in [9.17, 15) is 10.1 Å². The van der Waals surface area contributed by atoms with Crippen molar-refractivity contribution in [3.63, 3.8) is 0 Å². The summed E-state index contributed by atoms with van der Waals surface area (Å²) in [5.74, 6) is 1.48. The molecule has 0 atom stereocenters. The number of anilines is 3. The number of hydrogen-bond donors (Lipinski definition) is 3. The maximum Gasteiger partial charge on any atom is 0.248 e. The predicted octanol–water partition coefficient (Wildman–Crippen LogP) is 5.37. The number of nitrogens with zero attached hydrogens (tertiary/aromatic N) is 4. The zero-order valence-corrected chi connectivity index (χ0v) is 24.0. The summed E-state index contributed by atoms with van der Waals surface area (Å²) in [5, 5.41) is 20.3. The van der Waals surface area contributed by atoms with Crippen LogP contribution in [0.2, 0.25) is 0 Å². The van der Waals surface area contributed by atoms with Crippen molar-refractivity contribution in [2.75, 3.05) is 43.9 Å². The van der Waals surface area contributed by atoms with E-state index in [1.54, 1.807) is 24.5 Å². The zero-order valence-electron chi connectivity index (χ0n) is 24.0. The lowest BCUT2D eigenvalue weighted by atomic mass is 10.1. The van der Waals surface area contributed by atoms with Gasteiger partial charge in [-0.3, -0.25) is 9.78 Å². The van der Waals surface area contributed by atoms with Crippen molar-refractivity contribution in [1.82, 2.24) is 20.2 Å². The number of hydrogen-bond acceptors (Lipinski definition) is 9. The molecule has 3 N–H and O–H groups in total. The van der Waals surface area contributed by atoms with Crippen molar-refractivity contribution in [2.45, 2.75) is 25.4 Å². The third kappa shape index (κ3) is 6.92. The normalized spacial score (nSPS) is 16.6. The highest BCUT2D eigenvalue weighted by Crippen LogP contribution is 2.37. The summed E-state index contributed by atoms with van der Waals surface area (Å²) in [4.78, 5) is 24.3. The van der Waals surface area contributed by atoms with Crippen LogP contribution in [-0.2, 0) is 4.79 Å². The number of carbonyl (C=O) groups excluding carboxylic acids is 1. The Bertz CT molecular complexity index is 1670. The quantitative estimate of drug-likeness (QED) is 0.238. The second-order valence-corrected chi connectivity index (χ2v) is 10.8. The van der Waals surface area contributed by atoms with Crippen molar-refractivity contribution in [2.24, 2.45) is 0 Å². The van der Waals surface area contributed by atoms with Crippen molar-refractivity contribution in [1.29, 1.82) is 5.26 Å². The molecule has 4 heterocycles. The summed E-state index contributed by atoms with van der Waals surface area (Å²) < 4.78 is 12.3. The maximum atomic E-state index is 13.1. The van der Waals surface area contributed by atoms with Gasteiger partial charge in [-0.05, 0) is 62.7 Å². The Hall–Kier alpha value is -4.98. The van der Waals surface area contributed by atoms with Crippen LogP contribution in [0.3, 0.4) is 0 Å². The molecule has 218 valence electrons. The molecule has 43 heavy (non-hydrogen) atoms. The van der Waals surface area contributed by atoms with Crippen molar-refractivity contribution in [3.8, 4) is 23.4 Å². The van der Waals surface area contributed by atoms with Crippen molar-refractivity contribution >= 4 is 33.9 Å². The van der Waals surface area contributed by atoms with E-state index in [0.717, 1.165) is 44.5 Å². The van der Waals surface area contributed by atoms with Gasteiger partial charge in [-0.15, -0.1) is 0 Å². The minimum absolute atomic E-state index is 0.0281. The van der Waals surface area contributed by atoms with Gasteiger partial charge in [0.05, 0.1) is 34.3 Å². The first-order valence-electron chi connectivity index (χ1n) is 14.4. The van der Waals surface area contributed by atoms with Gasteiger partial charge >= 0.3 is 0 Å². The number of fused-ring (bicyclic) bond motifs is 1. The molecule has 10 heteroatoms. The summed E-state index contributed by atoms with van der Waals surface area (Å²) >= 11 is 0. The molecule has 2 aromatic carbocycles. The lowest BCUT2D eigenvalue weighted by molar-refractivity contribution is -0.112. The number of amides is 1. The zero-order chi connectivity index (χ0) is 29.6. The van der Waals surface area contributed by atoms with E-state index >= 15 is 0 Å². The van der Waals surface area contributed by atoms with Gasteiger partial charge in [0.2, 0.25) is 11.8 Å². The molecule has 0 spiro atoms. The molecule has 6 rings (SSSR count). The Morgan fingerprint density at radius 1 is 1.12 bits per heavy atom. The van der Waals surface area contributed by atoms with E-state index in [1.807, 2.05) is 48.5 Å². The molecule has 2 aliphatic rings. The van der Waals surface area contributed by atoms with Gasteiger partial charge in [-0.1, -0.05) is 18.2 Å². The molecular weight excluding hydrogens is 542 g/mol. The predicted molar refractivity (Wildman–Crippen MR) is 166 cm³/mol. The van der Waals surface area contributed by atoms with Crippen LogP contribution in [0.4, 0.5) is 17.1 Å². The molecule has 0 unspecified atom stereocenters. The highest BCUT2D eigenvalue weighted by Gasteiger charge is 2.22. The second kappa shape index (κ2) is 12.9. The topological polar surface area (TPSA) is 124 Å². The fourth-order valence-electron chi connectivity index (χ4n) is 5.25. The number of nitriles is 1. The first-order chi connectivity index (χ1) is 21.0. The fourth-order valence-corrected chi connectivity index (χ4v) is 5.25. The lowest BCUT2D eigenvalue weighted by Crippen LogP contribution is -2.35. The number of benzene rings is 2. The Kier molecular flexibility index (Phi) is 8.45. The van der Waals surface area contributed by atoms with Gasteiger partial charge in [0.1, 0.15) is 23.7 Å². The average Bonchev–Trinajstić information content (AvgIpc) is 3.53. The number of rotatable bonds is 8. The highest BCUT2D eigenvalue weighted by atomic mass is 16.5. The molecule has 2 fully saturated rings. The van der Waals surface area contributed by atoms with Crippen LogP contribution in [-0.4, -0.2) is 60.1 Å². The van der Waals surface area contributed by atoms with Gasteiger partial charge in [-0.25, -0.2) is 4.98 Å². The minimum atomic E-state index is -0.219. The van der Waals surface area contributed by atoms with Crippen LogP contribution in [0, 0.1) is 11.3 Å². The largest absolute Gasteiger partial charge is 0.488 e. The first kappa shape index (κ1) is 28.2. The monoisotopic (exact) mass is 575 g/mol. The van der Waals surface area contributed by atoms with E-state index in [2.05, 4.69) is 43.9 Å². The third-order valence-corrected chi connectivity index (χ3v) is 7.59. The van der Waals surface area contributed by atoms with Gasteiger partial charge in [0.25, 0.3) is 0 Å². The molecule has 2 saturated heterocycles. The van der Waals surface area contributed by atoms with Gasteiger partial charge < -0.3 is 30.3 Å². The minimum Gasteiger partial charge on any atom is -0.488 e. The molecule has 2 aromatic heterocycles. The number of carbonyl (C=O) groups is 1. The Labute approximate surface area is 250 Å². The van der Waals surface area contributed by atoms with E-state index in [-0.39, 0.29) is 12.0 Å². The molecule has 4 aromatic rings. The van der Waals surface area contributed by atoms with Gasteiger partial charge in [0.15, 0.2) is 0 Å². The number of para-hydroxylation sites is 1. The van der Waals surface area contributed by atoms with Crippen LogP contribution < -0.4 is 25.4 Å². The number of piperidine rings is 1. The number of nitrogens with one attached hydrogen (secondary N) is 3. The first-order valence-corrected chi connectivity index (χ1v) is 14.4. The van der Waals surface area contributed by atoms with E-state index in [0.29, 0.717) is 57.5 Å². The van der Waals surface area contributed by atoms with E-state index in [1.165, 1.54) is 0 Å². The van der Waals surface area contributed by atoms with E-state index in [4.69, 9.17) is 9.47 Å². The fraction of sp³-hybridized carbons (Fsp3) is 0.273. The van der Waals surface area contributed by atoms with Crippen molar-refractivity contribution in [3.05, 3.63) is 84.2 Å². The SMILES string of the molecule is CN1CCC(Oc2cc3ncc(C#N)c(Nc4ccc(Oc5ccccc5)nc4)c3cc2NC(=O)/C=C2/CCNC2)CC1. The van der Waals surface area contributed by atoms with Crippen LogP contribution in [0.15, 0.2) is 78.6 Å². The summed E-state index contributed by atoms with van der Waals surface area (Å²) in [6.45, 7) is 3.46. The van der Waals surface area contributed by atoms with Crippen LogP contribution in [0.1, 0.15) is 24.8 Å². The Morgan fingerprint density at radius 3 is 2.67 bits per heavy atom. The second-order valence-electron chi connectivity index (χ2n) is 10.8. The average molecular weight is 576 g/mol. The number of ether oxygens (including phenoxy) is 2. The summed E-state index contributed by atoms with van der Waals surface area (Å²) in [6.07, 6.45) is 7.49. The number of likely N-dealkylation sites (tertiary alicyclic amines) is 1. The Morgan fingerprint density at radius 2 is 1.95 bits per heavy atom. The highest BCUT2D eigenvalue weighted by molar-refractivity contribution is 6.05. The molecule has 0 saturated carbocycles. The lowest BCUT2D eigenvalue weighted by Gasteiger charge is -2.30. The third-order valence-electron chi connectivity index (χ3n) is 7.59. The van der Waals surface area contributed by atoms with Gasteiger partial charge in [0, 0.05) is 49.4 Å². The number of aromatic nitrogens is 2. The molecule has 0 aliphatic carbocycles. The molecule has 0 bridgehead atoms. The molecule has 2 aliphatic heterocycles. The maximum absolute atomic E-state index is 13.1. The summed E-state index contributed by atoms with van der Waals surface area (Å²) in [5.41, 5.74) is 3.81. The van der Waals surface area contributed by atoms with Crippen LogP contribution in [0.5, 0.6) is 17.4 Å². The molecule has 1 amide bonds. The van der Waals surface area contributed by atoms with Crippen LogP contribution in [0.25, 0.3) is 10.9 Å². The van der Waals surface area contributed by atoms with Gasteiger partial charge in [-0.2, -0.15) is 5.26 Å². The smallest absolute Gasteiger partial charge is 0.248 e. The molecule has 10 nitrogen and oxygen atoms in total. The summed E-state index contributed by atoms with van der Waals surface area (Å²) in [7, 11) is 2.11. The summed E-state index contributed by atoms with van der Waals surface area (Å²) in [6, 6.07) is 18.9. The van der Waals surface area contributed by atoms with Crippen molar-refractivity contribution < 1.29 is 14.3 Å². The Balaban J connectivity index is 1.32. The standard InChI is InChI=1S/C33H33N7O3/c1-40-13-10-26(11-14-40)42-30-17-28-27(16-29(30)39-31(41)15-22-9-12-35-19-22)33(23(18-34)20-36-28)38-24-7-8-32(37-21-24)43-25-5-3-2-4-6-25/h2-8,15-17,20-21,26,35H,9-14,19H2,1H3,(H,36,38)(H,39,41)/b22-15-.